The number of alkyl halides is 1. The molecule has 0 saturated carbocycles. The minimum absolute atomic E-state index is 0.0558. The van der Waals surface area contributed by atoms with E-state index in [9.17, 15) is 4.79 Å². The molecule has 0 heterocycles. The van der Waals surface area contributed by atoms with Gasteiger partial charge >= 0.3 is 5.97 Å². The monoisotopic (exact) mass is 254 g/mol. The van der Waals surface area contributed by atoms with Crippen LogP contribution in [0.4, 0.5) is 0 Å². The molecule has 17 heavy (non-hydrogen) atoms. The van der Waals surface area contributed by atoms with E-state index in [0.29, 0.717) is 11.4 Å². The summed E-state index contributed by atoms with van der Waals surface area (Å²) in [7, 11) is 0. The second-order valence-corrected chi connectivity index (χ2v) is 5.51. The van der Waals surface area contributed by atoms with Gasteiger partial charge in [0.25, 0.3) is 0 Å². The Morgan fingerprint density at radius 1 is 1.41 bits per heavy atom. The summed E-state index contributed by atoms with van der Waals surface area (Å²) in [5.41, 5.74) is 1.42. The lowest BCUT2D eigenvalue weighted by Crippen LogP contribution is -2.28. The molecule has 0 N–H and O–H groups in total. The summed E-state index contributed by atoms with van der Waals surface area (Å²) in [5.74, 6) is 0.107. The highest BCUT2D eigenvalue weighted by atomic mass is 35.5. The number of carbonyl (C=O) groups excluding carboxylic acids is 1. The Kier molecular flexibility index (Phi) is 4.58. The summed E-state index contributed by atoms with van der Waals surface area (Å²) in [6.07, 6.45) is -0.130. The van der Waals surface area contributed by atoms with E-state index in [2.05, 4.69) is 0 Å². The minimum Gasteiger partial charge on any atom is -0.459 e. The Labute approximate surface area is 108 Å². The molecule has 0 aliphatic heterocycles. The van der Waals surface area contributed by atoms with Crippen molar-refractivity contribution in [1.29, 1.82) is 0 Å². The number of esters is 1. The Morgan fingerprint density at radius 3 is 2.59 bits per heavy atom. The van der Waals surface area contributed by atoms with Crippen molar-refractivity contribution in [2.75, 3.05) is 0 Å². The molecule has 0 aromatic heterocycles. The van der Waals surface area contributed by atoms with Crippen LogP contribution in [0.1, 0.15) is 43.6 Å². The molecule has 0 radical (unpaired) electrons. The molecular weight excluding hydrogens is 236 g/mol. The zero-order valence-electron chi connectivity index (χ0n) is 10.8. The van der Waals surface area contributed by atoms with Gasteiger partial charge in [0.15, 0.2) is 0 Å². The van der Waals surface area contributed by atoms with Crippen molar-refractivity contribution in [3.05, 3.63) is 35.4 Å². The highest BCUT2D eigenvalue weighted by Crippen LogP contribution is 2.22. The van der Waals surface area contributed by atoms with Crippen LogP contribution in [0.25, 0.3) is 0 Å². The third kappa shape index (κ3) is 4.04. The standard InChI is InChI=1S/C14H19ClO2/c1-10(14(2,3)4)17-13(16)12-7-5-6-11(8-12)9-15/h5-8,10H,9H2,1-4H3/t10-/m1/s1. The Morgan fingerprint density at radius 2 is 2.06 bits per heavy atom. The van der Waals surface area contributed by atoms with E-state index in [1.54, 1.807) is 12.1 Å². The molecule has 1 atom stereocenters. The van der Waals surface area contributed by atoms with Crippen molar-refractivity contribution in [1.82, 2.24) is 0 Å². The van der Waals surface area contributed by atoms with Gasteiger partial charge in [-0.1, -0.05) is 32.9 Å². The lowest BCUT2D eigenvalue weighted by molar-refractivity contribution is 0.00479. The van der Waals surface area contributed by atoms with Crippen LogP contribution >= 0.6 is 11.6 Å². The number of hydrogen-bond donors (Lipinski definition) is 0. The third-order valence-electron chi connectivity index (χ3n) is 2.82. The molecule has 0 fully saturated rings. The normalized spacial score (nSPS) is 13.2. The molecule has 1 rings (SSSR count). The summed E-state index contributed by atoms with van der Waals surface area (Å²) < 4.78 is 5.42. The van der Waals surface area contributed by atoms with E-state index in [1.807, 2.05) is 39.8 Å². The third-order valence-corrected chi connectivity index (χ3v) is 3.13. The van der Waals surface area contributed by atoms with Crippen molar-refractivity contribution in [2.45, 2.75) is 39.7 Å². The van der Waals surface area contributed by atoms with Crippen LogP contribution in [0.15, 0.2) is 24.3 Å². The number of benzene rings is 1. The van der Waals surface area contributed by atoms with Gasteiger partial charge in [0.1, 0.15) is 6.10 Å². The smallest absolute Gasteiger partial charge is 0.338 e. The highest BCUT2D eigenvalue weighted by molar-refractivity contribution is 6.17. The SMILES string of the molecule is C[C@@H](OC(=O)c1cccc(CCl)c1)C(C)(C)C. The van der Waals surface area contributed by atoms with Crippen molar-refractivity contribution < 1.29 is 9.53 Å². The van der Waals surface area contributed by atoms with Crippen LogP contribution in [0.5, 0.6) is 0 Å². The van der Waals surface area contributed by atoms with E-state index >= 15 is 0 Å². The van der Waals surface area contributed by atoms with Gasteiger partial charge in [-0.25, -0.2) is 4.79 Å². The molecule has 0 aliphatic rings. The van der Waals surface area contributed by atoms with Gasteiger partial charge in [0, 0.05) is 5.88 Å². The van der Waals surface area contributed by atoms with E-state index in [0.717, 1.165) is 5.56 Å². The molecule has 3 heteroatoms. The van der Waals surface area contributed by atoms with Gasteiger partial charge in [-0.05, 0) is 30.0 Å². The van der Waals surface area contributed by atoms with Gasteiger partial charge in [0.2, 0.25) is 0 Å². The van der Waals surface area contributed by atoms with Crippen molar-refractivity contribution >= 4 is 17.6 Å². The lowest BCUT2D eigenvalue weighted by atomic mass is 9.90. The first-order chi connectivity index (χ1) is 7.84. The first-order valence-electron chi connectivity index (χ1n) is 5.70. The minimum atomic E-state index is -0.292. The molecular formula is C14H19ClO2. The number of rotatable bonds is 3. The first kappa shape index (κ1) is 14.0. The van der Waals surface area contributed by atoms with Crippen molar-refractivity contribution in [3.8, 4) is 0 Å². The summed E-state index contributed by atoms with van der Waals surface area (Å²) in [5, 5.41) is 0. The van der Waals surface area contributed by atoms with Crippen LogP contribution in [0.2, 0.25) is 0 Å². The molecule has 1 aromatic carbocycles. The molecule has 1 aromatic rings. The Balaban J connectivity index is 2.76. The fraction of sp³-hybridized carbons (Fsp3) is 0.500. The summed E-state index contributed by atoms with van der Waals surface area (Å²) in [6, 6.07) is 7.21. The molecule has 0 aliphatic carbocycles. The number of halogens is 1. The molecule has 0 unspecified atom stereocenters. The van der Waals surface area contributed by atoms with E-state index in [-0.39, 0.29) is 17.5 Å². The van der Waals surface area contributed by atoms with E-state index in [4.69, 9.17) is 16.3 Å². The molecule has 0 saturated heterocycles. The molecule has 0 spiro atoms. The van der Waals surface area contributed by atoms with Crippen LogP contribution < -0.4 is 0 Å². The quantitative estimate of drug-likeness (QED) is 0.602. The fourth-order valence-electron chi connectivity index (χ4n) is 1.19. The van der Waals surface area contributed by atoms with Crippen molar-refractivity contribution in [3.63, 3.8) is 0 Å². The van der Waals surface area contributed by atoms with Gasteiger partial charge in [-0.2, -0.15) is 0 Å². The summed E-state index contributed by atoms with van der Waals surface area (Å²) in [6.45, 7) is 8.03. The predicted octanol–water partition coefficient (Wildman–Crippen LogP) is 4.02. The molecule has 0 amide bonds. The summed E-state index contributed by atoms with van der Waals surface area (Å²) >= 11 is 5.73. The predicted molar refractivity (Wildman–Crippen MR) is 70.3 cm³/mol. The average molecular weight is 255 g/mol. The molecule has 2 nitrogen and oxygen atoms in total. The van der Waals surface area contributed by atoms with Gasteiger partial charge in [-0.3, -0.25) is 0 Å². The van der Waals surface area contributed by atoms with Gasteiger partial charge < -0.3 is 4.74 Å². The zero-order chi connectivity index (χ0) is 13.1. The van der Waals surface area contributed by atoms with Gasteiger partial charge in [-0.15, -0.1) is 11.6 Å². The number of ether oxygens (including phenoxy) is 1. The maximum atomic E-state index is 11.9. The molecule has 94 valence electrons. The second kappa shape index (κ2) is 5.54. The van der Waals surface area contributed by atoms with Crippen LogP contribution in [-0.2, 0) is 10.6 Å². The summed E-state index contributed by atoms with van der Waals surface area (Å²) in [4.78, 5) is 11.9. The average Bonchev–Trinajstić information content (AvgIpc) is 2.27. The Bertz CT molecular complexity index is 393. The van der Waals surface area contributed by atoms with Crippen LogP contribution in [0.3, 0.4) is 0 Å². The number of hydrogen-bond acceptors (Lipinski definition) is 2. The van der Waals surface area contributed by atoms with E-state index in [1.165, 1.54) is 0 Å². The van der Waals surface area contributed by atoms with Crippen LogP contribution in [0, 0.1) is 5.41 Å². The van der Waals surface area contributed by atoms with Crippen molar-refractivity contribution in [2.24, 2.45) is 5.41 Å². The lowest BCUT2D eigenvalue weighted by Gasteiger charge is -2.26. The molecule has 0 bridgehead atoms. The topological polar surface area (TPSA) is 26.3 Å². The fourth-order valence-corrected chi connectivity index (χ4v) is 1.35. The second-order valence-electron chi connectivity index (χ2n) is 5.25. The Hall–Kier alpha value is -1.02. The van der Waals surface area contributed by atoms with Gasteiger partial charge in [0.05, 0.1) is 5.56 Å². The maximum Gasteiger partial charge on any atom is 0.338 e. The largest absolute Gasteiger partial charge is 0.459 e. The zero-order valence-corrected chi connectivity index (χ0v) is 11.5. The highest BCUT2D eigenvalue weighted by Gasteiger charge is 2.24. The number of carbonyl (C=O) groups is 1. The van der Waals surface area contributed by atoms with E-state index < -0.39 is 0 Å². The first-order valence-corrected chi connectivity index (χ1v) is 6.24. The maximum absolute atomic E-state index is 11.9. The van der Waals surface area contributed by atoms with Crippen LogP contribution in [-0.4, -0.2) is 12.1 Å².